The molecule has 0 aliphatic rings. The van der Waals surface area contributed by atoms with E-state index in [1.165, 1.54) is 3.57 Å². The van der Waals surface area contributed by atoms with Gasteiger partial charge in [-0.3, -0.25) is 4.57 Å². The van der Waals surface area contributed by atoms with Crippen molar-refractivity contribution in [2.24, 2.45) is 0 Å². The van der Waals surface area contributed by atoms with E-state index in [1.807, 2.05) is 30.3 Å². The Balaban J connectivity index is 1.91. The largest absolute Gasteiger partial charge is 0.275 e. The molecule has 0 saturated heterocycles. The van der Waals surface area contributed by atoms with Crippen LogP contribution in [0, 0.1) is 3.57 Å². The number of thiophene rings is 1. The van der Waals surface area contributed by atoms with Gasteiger partial charge < -0.3 is 0 Å². The maximum atomic E-state index is 4.85. The molecule has 0 N–H and O–H groups in total. The Hall–Kier alpha value is -2.32. The third kappa shape index (κ3) is 2.52. The van der Waals surface area contributed by atoms with E-state index in [9.17, 15) is 0 Å². The van der Waals surface area contributed by atoms with Gasteiger partial charge in [0.05, 0.1) is 21.6 Å². The molecule has 3 heterocycles. The molecule has 0 bridgehead atoms. The fraction of sp³-hybridized carbons (Fsp3) is 0. The minimum Gasteiger partial charge on any atom is -0.275 e. The van der Waals surface area contributed by atoms with E-state index in [0.717, 1.165) is 33.1 Å². The normalized spacial score (nSPS) is 11.4. The van der Waals surface area contributed by atoms with Crippen LogP contribution in [0.2, 0.25) is 0 Å². The maximum absolute atomic E-state index is 4.85. The number of hydrogen-bond acceptors (Lipinski definition) is 4. The Labute approximate surface area is 161 Å². The molecule has 2 aromatic carbocycles. The molecule has 0 atom stereocenters. The monoisotopic (exact) mass is 454 g/mol. The summed E-state index contributed by atoms with van der Waals surface area (Å²) in [6, 6.07) is 20.4. The van der Waals surface area contributed by atoms with Crippen LogP contribution in [-0.4, -0.2) is 19.5 Å². The number of aromatic nitrogens is 4. The number of nitrogens with zero attached hydrogens (tertiary/aromatic N) is 4. The zero-order chi connectivity index (χ0) is 16.8. The molecular weight excluding hydrogens is 443 g/mol. The summed E-state index contributed by atoms with van der Waals surface area (Å²) < 4.78 is 3.27. The fourth-order valence-corrected chi connectivity index (χ4v) is 4.12. The molecule has 5 aromatic rings. The summed E-state index contributed by atoms with van der Waals surface area (Å²) in [5, 5.41) is 2.06. The molecule has 0 saturated carbocycles. The van der Waals surface area contributed by atoms with Crippen LogP contribution in [0.25, 0.3) is 38.7 Å². The minimum absolute atomic E-state index is 0.668. The molecule has 0 aliphatic carbocycles. The second kappa shape index (κ2) is 5.89. The summed E-state index contributed by atoms with van der Waals surface area (Å²) >= 11 is 3.99. The molecule has 4 nitrogen and oxygen atoms in total. The van der Waals surface area contributed by atoms with Gasteiger partial charge in [0.25, 0.3) is 0 Å². The molecule has 0 spiro atoms. The molecular formula is C19H11IN4S. The van der Waals surface area contributed by atoms with Gasteiger partial charge in [0.1, 0.15) is 0 Å². The highest BCUT2D eigenvalue weighted by Gasteiger charge is 2.18. The van der Waals surface area contributed by atoms with Crippen LogP contribution in [0.15, 0.2) is 66.0 Å². The van der Waals surface area contributed by atoms with E-state index in [1.54, 1.807) is 11.3 Å². The van der Waals surface area contributed by atoms with Crippen LogP contribution in [0.4, 0.5) is 0 Å². The first-order valence-corrected chi connectivity index (χ1v) is 9.70. The summed E-state index contributed by atoms with van der Waals surface area (Å²) in [7, 11) is 0. The molecule has 0 aliphatic heterocycles. The van der Waals surface area contributed by atoms with Gasteiger partial charge in [-0.15, -0.1) is 11.3 Å². The quantitative estimate of drug-likeness (QED) is 0.340. The lowest BCUT2D eigenvalue weighted by Gasteiger charge is -2.08. The number of hydrogen-bond donors (Lipinski definition) is 0. The zero-order valence-electron chi connectivity index (χ0n) is 12.9. The van der Waals surface area contributed by atoms with E-state index in [-0.39, 0.29) is 0 Å². The molecule has 6 heteroatoms. The van der Waals surface area contributed by atoms with E-state index >= 15 is 0 Å². The second-order valence-electron chi connectivity index (χ2n) is 5.59. The van der Waals surface area contributed by atoms with Crippen molar-refractivity contribution in [3.05, 3.63) is 69.6 Å². The molecule has 25 heavy (non-hydrogen) atoms. The van der Waals surface area contributed by atoms with Gasteiger partial charge in [-0.1, -0.05) is 24.3 Å². The third-order valence-corrected chi connectivity index (χ3v) is 5.51. The van der Waals surface area contributed by atoms with Gasteiger partial charge in [0.2, 0.25) is 0 Å². The average molecular weight is 454 g/mol. The fourth-order valence-electron chi connectivity index (χ4n) is 2.89. The standard InChI is InChI=1S/C19H11IN4S/c20-12-5-3-6-13(11-12)24-18(16-9-4-10-25-16)23-17-19(24)22-15-8-2-1-7-14(15)21-17/h1-11H. The number of benzene rings is 2. The number of rotatable bonds is 2. The maximum Gasteiger partial charge on any atom is 0.199 e. The van der Waals surface area contributed by atoms with Crippen LogP contribution in [0.5, 0.6) is 0 Å². The summed E-state index contributed by atoms with van der Waals surface area (Å²) in [5.41, 5.74) is 4.23. The minimum atomic E-state index is 0.668. The molecule has 5 rings (SSSR count). The van der Waals surface area contributed by atoms with E-state index in [2.05, 4.69) is 62.9 Å². The first kappa shape index (κ1) is 15.0. The lowest BCUT2D eigenvalue weighted by molar-refractivity contribution is 1.09. The zero-order valence-corrected chi connectivity index (χ0v) is 15.9. The summed E-state index contributed by atoms with van der Waals surface area (Å²) in [4.78, 5) is 15.5. The third-order valence-electron chi connectivity index (χ3n) is 3.98. The number of fused-ring (bicyclic) bond motifs is 2. The Bertz CT molecular complexity index is 1210. The van der Waals surface area contributed by atoms with Crippen LogP contribution in [0.1, 0.15) is 0 Å². The van der Waals surface area contributed by atoms with Crippen molar-refractivity contribution >= 4 is 56.3 Å². The topological polar surface area (TPSA) is 43.6 Å². The van der Waals surface area contributed by atoms with E-state index < -0.39 is 0 Å². The first-order chi connectivity index (χ1) is 12.3. The van der Waals surface area contributed by atoms with Crippen molar-refractivity contribution in [2.45, 2.75) is 0 Å². The Kier molecular flexibility index (Phi) is 3.53. The molecule has 0 fully saturated rings. The summed E-state index contributed by atoms with van der Waals surface area (Å²) in [5.74, 6) is 0.877. The Morgan fingerprint density at radius 2 is 1.68 bits per heavy atom. The number of para-hydroxylation sites is 2. The van der Waals surface area contributed by atoms with Crippen molar-refractivity contribution in [1.29, 1.82) is 0 Å². The van der Waals surface area contributed by atoms with Crippen molar-refractivity contribution < 1.29 is 0 Å². The van der Waals surface area contributed by atoms with Gasteiger partial charge in [0, 0.05) is 3.57 Å². The highest BCUT2D eigenvalue weighted by molar-refractivity contribution is 14.1. The van der Waals surface area contributed by atoms with Gasteiger partial charge >= 0.3 is 0 Å². The smallest absolute Gasteiger partial charge is 0.199 e. The van der Waals surface area contributed by atoms with E-state index in [0.29, 0.717) is 5.65 Å². The first-order valence-electron chi connectivity index (χ1n) is 7.75. The van der Waals surface area contributed by atoms with Crippen molar-refractivity contribution in [1.82, 2.24) is 19.5 Å². The highest BCUT2D eigenvalue weighted by atomic mass is 127. The van der Waals surface area contributed by atoms with Gasteiger partial charge in [-0.05, 0) is 64.4 Å². The Morgan fingerprint density at radius 1 is 0.840 bits per heavy atom. The van der Waals surface area contributed by atoms with Crippen LogP contribution in [-0.2, 0) is 0 Å². The lowest BCUT2D eigenvalue weighted by Crippen LogP contribution is -1.98. The molecule has 0 unspecified atom stereocenters. The van der Waals surface area contributed by atoms with Crippen LogP contribution in [0.3, 0.4) is 0 Å². The SMILES string of the molecule is Ic1cccc(-n2c(-c3cccs3)nc3nc4ccccc4nc32)c1. The lowest BCUT2D eigenvalue weighted by atomic mass is 10.3. The van der Waals surface area contributed by atoms with Crippen molar-refractivity contribution in [2.75, 3.05) is 0 Å². The van der Waals surface area contributed by atoms with Gasteiger partial charge in [-0.25, -0.2) is 15.0 Å². The van der Waals surface area contributed by atoms with Crippen molar-refractivity contribution in [3.63, 3.8) is 0 Å². The number of halogens is 1. The predicted octanol–water partition coefficient (Wildman–Crippen LogP) is 5.30. The van der Waals surface area contributed by atoms with E-state index in [4.69, 9.17) is 15.0 Å². The highest BCUT2D eigenvalue weighted by Crippen LogP contribution is 2.31. The molecule has 120 valence electrons. The predicted molar refractivity (Wildman–Crippen MR) is 110 cm³/mol. The Morgan fingerprint density at radius 3 is 2.44 bits per heavy atom. The average Bonchev–Trinajstić information content (AvgIpc) is 3.27. The van der Waals surface area contributed by atoms with Crippen LogP contribution < -0.4 is 0 Å². The van der Waals surface area contributed by atoms with Crippen molar-refractivity contribution in [3.8, 4) is 16.4 Å². The summed E-state index contributed by atoms with van der Waals surface area (Å²) in [6.45, 7) is 0. The summed E-state index contributed by atoms with van der Waals surface area (Å²) in [6.07, 6.45) is 0. The molecule has 0 radical (unpaired) electrons. The van der Waals surface area contributed by atoms with Crippen LogP contribution >= 0.6 is 33.9 Å². The molecule has 3 aromatic heterocycles. The molecule has 0 amide bonds. The van der Waals surface area contributed by atoms with Gasteiger partial charge in [-0.2, -0.15) is 0 Å². The second-order valence-corrected chi connectivity index (χ2v) is 7.78. The number of imidazole rings is 1. The van der Waals surface area contributed by atoms with Gasteiger partial charge in [0.15, 0.2) is 17.1 Å².